The van der Waals surface area contributed by atoms with Crippen molar-refractivity contribution in [2.24, 2.45) is 11.7 Å². The summed E-state index contributed by atoms with van der Waals surface area (Å²) in [6.45, 7) is 0. The van der Waals surface area contributed by atoms with Gasteiger partial charge in [0.15, 0.2) is 0 Å². The predicted octanol–water partition coefficient (Wildman–Crippen LogP) is 2.75. The molecule has 0 fully saturated rings. The molecule has 1 amide bonds. The Bertz CT molecular complexity index is 836. The third-order valence-electron chi connectivity index (χ3n) is 3.86. The SMILES string of the molecule is COC1=Cc2nccc(Oc3ccc(N)c(Cl)c3)c2CC1C(N)=O. The second-order valence-corrected chi connectivity index (χ2v) is 5.78. The van der Waals surface area contributed by atoms with Crippen LogP contribution in [0.25, 0.3) is 6.08 Å². The van der Waals surface area contributed by atoms with Crippen LogP contribution in [0.15, 0.2) is 36.2 Å². The highest BCUT2D eigenvalue weighted by atomic mass is 35.5. The summed E-state index contributed by atoms with van der Waals surface area (Å²) >= 11 is 6.02. The first-order valence-electron chi connectivity index (χ1n) is 7.25. The van der Waals surface area contributed by atoms with E-state index in [1.54, 1.807) is 36.5 Å². The summed E-state index contributed by atoms with van der Waals surface area (Å²) in [5.74, 6) is 0.608. The molecule has 1 atom stereocenters. The summed E-state index contributed by atoms with van der Waals surface area (Å²) < 4.78 is 11.2. The van der Waals surface area contributed by atoms with E-state index in [0.717, 1.165) is 5.56 Å². The number of nitrogen functional groups attached to an aromatic ring is 1. The van der Waals surface area contributed by atoms with Crippen molar-refractivity contribution in [2.75, 3.05) is 12.8 Å². The van der Waals surface area contributed by atoms with Crippen molar-refractivity contribution in [3.8, 4) is 11.5 Å². The van der Waals surface area contributed by atoms with E-state index >= 15 is 0 Å². The van der Waals surface area contributed by atoms with Crippen molar-refractivity contribution in [2.45, 2.75) is 6.42 Å². The van der Waals surface area contributed by atoms with Gasteiger partial charge in [-0.2, -0.15) is 0 Å². The summed E-state index contributed by atoms with van der Waals surface area (Å²) in [7, 11) is 1.50. The molecular weight excluding hydrogens is 330 g/mol. The van der Waals surface area contributed by atoms with Gasteiger partial charge in [0.2, 0.25) is 5.91 Å². The number of halogens is 1. The lowest BCUT2D eigenvalue weighted by atomic mass is 9.89. The number of methoxy groups -OCH3 is 1. The van der Waals surface area contributed by atoms with E-state index in [0.29, 0.717) is 40.1 Å². The van der Waals surface area contributed by atoms with Gasteiger partial charge in [0.1, 0.15) is 17.3 Å². The maximum absolute atomic E-state index is 11.7. The van der Waals surface area contributed by atoms with Crippen LogP contribution >= 0.6 is 11.6 Å². The van der Waals surface area contributed by atoms with Gasteiger partial charge in [-0.15, -0.1) is 0 Å². The number of fused-ring (bicyclic) bond motifs is 1. The van der Waals surface area contributed by atoms with Crippen molar-refractivity contribution in [1.82, 2.24) is 4.98 Å². The normalized spacial score (nSPS) is 16.1. The fourth-order valence-electron chi connectivity index (χ4n) is 2.60. The van der Waals surface area contributed by atoms with Crippen molar-refractivity contribution in [3.05, 3.63) is 52.5 Å². The van der Waals surface area contributed by atoms with E-state index in [2.05, 4.69) is 4.98 Å². The fourth-order valence-corrected chi connectivity index (χ4v) is 2.77. The van der Waals surface area contributed by atoms with E-state index in [9.17, 15) is 4.79 Å². The Morgan fingerprint density at radius 3 is 2.83 bits per heavy atom. The molecule has 1 unspecified atom stereocenters. The minimum Gasteiger partial charge on any atom is -0.500 e. The number of anilines is 1. The van der Waals surface area contributed by atoms with E-state index in [4.69, 9.17) is 32.5 Å². The average Bonchev–Trinajstić information content (AvgIpc) is 2.57. The topological polar surface area (TPSA) is 100 Å². The molecule has 6 nitrogen and oxygen atoms in total. The highest BCUT2D eigenvalue weighted by molar-refractivity contribution is 6.33. The third-order valence-corrected chi connectivity index (χ3v) is 4.18. The number of carbonyl (C=O) groups is 1. The van der Waals surface area contributed by atoms with Crippen LogP contribution < -0.4 is 16.2 Å². The Morgan fingerprint density at radius 1 is 1.38 bits per heavy atom. The lowest BCUT2D eigenvalue weighted by Crippen LogP contribution is -2.29. The fraction of sp³-hybridized carbons (Fsp3) is 0.176. The third kappa shape index (κ3) is 3.00. The molecule has 0 saturated heterocycles. The molecule has 1 aliphatic carbocycles. The van der Waals surface area contributed by atoms with Crippen LogP contribution in [0.4, 0.5) is 5.69 Å². The number of carbonyl (C=O) groups excluding carboxylic acids is 1. The van der Waals surface area contributed by atoms with Crippen molar-refractivity contribution in [3.63, 3.8) is 0 Å². The summed E-state index contributed by atoms with van der Waals surface area (Å²) in [5, 5.41) is 0.409. The van der Waals surface area contributed by atoms with Gasteiger partial charge in [0.25, 0.3) is 0 Å². The maximum atomic E-state index is 11.7. The molecule has 0 spiro atoms. The number of amides is 1. The number of hydrogen-bond donors (Lipinski definition) is 2. The first kappa shape index (κ1) is 16.1. The predicted molar refractivity (Wildman–Crippen MR) is 91.5 cm³/mol. The Hall–Kier alpha value is -2.73. The summed E-state index contributed by atoms with van der Waals surface area (Å²) in [5.41, 5.74) is 13.1. The number of nitrogens with zero attached hydrogens (tertiary/aromatic N) is 1. The molecule has 0 aliphatic heterocycles. The van der Waals surface area contributed by atoms with Gasteiger partial charge in [-0.05, 0) is 24.6 Å². The van der Waals surface area contributed by atoms with Crippen LogP contribution in [0.2, 0.25) is 5.02 Å². The van der Waals surface area contributed by atoms with Crippen LogP contribution in [0.3, 0.4) is 0 Å². The zero-order valence-corrected chi connectivity index (χ0v) is 13.7. The maximum Gasteiger partial charge on any atom is 0.228 e. The molecule has 1 heterocycles. The minimum atomic E-state index is -0.552. The molecule has 7 heteroatoms. The van der Waals surface area contributed by atoms with E-state index in [1.807, 2.05) is 0 Å². The average molecular weight is 346 g/mol. The zero-order valence-electron chi connectivity index (χ0n) is 13.0. The second-order valence-electron chi connectivity index (χ2n) is 5.37. The van der Waals surface area contributed by atoms with Gasteiger partial charge in [0.05, 0.1) is 29.4 Å². The molecule has 2 aromatic rings. The smallest absolute Gasteiger partial charge is 0.228 e. The molecule has 1 aromatic carbocycles. The molecule has 1 aliphatic rings. The molecule has 24 heavy (non-hydrogen) atoms. The van der Waals surface area contributed by atoms with E-state index in [1.165, 1.54) is 7.11 Å². The Balaban J connectivity index is 1.99. The highest BCUT2D eigenvalue weighted by Gasteiger charge is 2.29. The molecule has 4 N–H and O–H groups in total. The highest BCUT2D eigenvalue weighted by Crippen LogP contribution is 2.36. The van der Waals surface area contributed by atoms with Gasteiger partial charge >= 0.3 is 0 Å². The standard InChI is InChI=1S/C17H16ClN3O3/c1-23-16-8-14-10(7-11(16)17(20)22)15(4-5-21-14)24-9-2-3-13(19)12(18)6-9/h2-6,8,11H,7,19H2,1H3,(H2,20,22). The van der Waals surface area contributed by atoms with Gasteiger partial charge in [-0.1, -0.05) is 11.6 Å². The Morgan fingerprint density at radius 2 is 2.17 bits per heavy atom. The van der Waals surface area contributed by atoms with Crippen molar-refractivity contribution < 1.29 is 14.3 Å². The molecule has 124 valence electrons. The number of ether oxygens (including phenoxy) is 2. The van der Waals surface area contributed by atoms with Gasteiger partial charge in [-0.25, -0.2) is 0 Å². The van der Waals surface area contributed by atoms with Crippen LogP contribution in [0, 0.1) is 5.92 Å². The van der Waals surface area contributed by atoms with E-state index < -0.39 is 11.8 Å². The largest absolute Gasteiger partial charge is 0.500 e. The molecule has 0 bridgehead atoms. The van der Waals surface area contributed by atoms with E-state index in [-0.39, 0.29) is 0 Å². The zero-order chi connectivity index (χ0) is 17.3. The Labute approximate surface area is 144 Å². The molecule has 0 saturated carbocycles. The van der Waals surface area contributed by atoms with Gasteiger partial charge in [0, 0.05) is 23.9 Å². The van der Waals surface area contributed by atoms with Crippen LogP contribution in [0.5, 0.6) is 11.5 Å². The van der Waals surface area contributed by atoms with Gasteiger partial charge in [-0.3, -0.25) is 9.78 Å². The van der Waals surface area contributed by atoms with Crippen molar-refractivity contribution in [1.29, 1.82) is 0 Å². The summed E-state index contributed by atoms with van der Waals surface area (Å²) in [6.07, 6.45) is 3.69. The quantitative estimate of drug-likeness (QED) is 0.830. The van der Waals surface area contributed by atoms with Gasteiger partial charge < -0.3 is 20.9 Å². The Kier molecular flexibility index (Phi) is 4.31. The van der Waals surface area contributed by atoms with Crippen LogP contribution in [-0.2, 0) is 16.0 Å². The molecule has 0 radical (unpaired) electrons. The van der Waals surface area contributed by atoms with Crippen LogP contribution in [-0.4, -0.2) is 18.0 Å². The minimum absolute atomic E-state index is 0.357. The number of aromatic nitrogens is 1. The summed E-state index contributed by atoms with van der Waals surface area (Å²) in [4.78, 5) is 16.0. The first-order valence-corrected chi connectivity index (χ1v) is 7.63. The number of hydrogen-bond acceptors (Lipinski definition) is 5. The molecule has 1 aromatic heterocycles. The number of pyridine rings is 1. The number of nitrogens with two attached hydrogens (primary N) is 2. The number of primary amides is 1. The first-order chi connectivity index (χ1) is 11.5. The van der Waals surface area contributed by atoms with Crippen molar-refractivity contribution >= 4 is 29.3 Å². The monoisotopic (exact) mass is 345 g/mol. The second kappa shape index (κ2) is 6.41. The van der Waals surface area contributed by atoms with Crippen LogP contribution in [0.1, 0.15) is 11.3 Å². The summed E-state index contributed by atoms with van der Waals surface area (Å²) in [6, 6.07) is 6.75. The molecular formula is C17H16ClN3O3. The number of benzene rings is 1. The molecule has 3 rings (SSSR count). The lowest BCUT2D eigenvalue weighted by Gasteiger charge is -2.23. The lowest BCUT2D eigenvalue weighted by molar-refractivity contribution is -0.121. The number of rotatable bonds is 4.